The van der Waals surface area contributed by atoms with E-state index in [0.29, 0.717) is 28.9 Å². The molecule has 0 spiro atoms. The molecule has 0 unspecified atom stereocenters. The number of likely N-dealkylation sites (N-methyl/N-ethyl adjacent to an activating group) is 1. The van der Waals surface area contributed by atoms with Crippen molar-refractivity contribution in [3.63, 3.8) is 0 Å². The quantitative estimate of drug-likeness (QED) is 0.230. The van der Waals surface area contributed by atoms with Gasteiger partial charge in [0.15, 0.2) is 17.5 Å². The summed E-state index contributed by atoms with van der Waals surface area (Å²) in [6, 6.07) is 10.6. The summed E-state index contributed by atoms with van der Waals surface area (Å²) in [6.45, 7) is 3.72. The first kappa shape index (κ1) is 32.0. The first-order valence-electron chi connectivity index (χ1n) is 16.2. The van der Waals surface area contributed by atoms with Crippen molar-refractivity contribution >= 4 is 39.6 Å². The maximum atomic E-state index is 16.8. The maximum absolute atomic E-state index is 16.8. The van der Waals surface area contributed by atoms with Gasteiger partial charge in [-0.25, -0.2) is 18.7 Å². The number of benzene rings is 2. The van der Waals surface area contributed by atoms with Gasteiger partial charge in [0, 0.05) is 60.5 Å². The molecule has 5 heterocycles. The highest BCUT2D eigenvalue weighted by Crippen LogP contribution is 2.38. The van der Waals surface area contributed by atoms with E-state index in [1.54, 1.807) is 24.4 Å². The Morgan fingerprint density at radius 3 is 2.73 bits per heavy atom. The number of nitrogens with zero attached hydrogens (tertiary/aromatic N) is 9. The lowest BCUT2D eigenvalue weighted by atomic mass is 9.95. The van der Waals surface area contributed by atoms with Crippen molar-refractivity contribution < 1.29 is 18.3 Å². The Morgan fingerprint density at radius 1 is 1.12 bits per heavy atom. The molecule has 2 aliphatic heterocycles. The standard InChI is InChI=1S/C35H34F2N10O2/c1-21-6-9-28-26(18-41-44-28)30(21)24-7-8-25-32(31(24)37)42-35(49-20-23-5-3-14-45(23)2)43-33(25)46-15-16-47(22(19-46)10-11-38)34(48)27(36)17-29-39-12-4-13-40-29/h4,6-9,12-13,17-18,22-23H,3,5,10,14-16,19-20H2,1-2H3,(H,41,44)/b27-17-/t22-,23-/m0/s1. The van der Waals surface area contributed by atoms with E-state index in [0.717, 1.165) is 41.9 Å². The number of H-pyrrole nitrogens is 1. The second-order valence-electron chi connectivity index (χ2n) is 12.4. The van der Waals surface area contributed by atoms with Gasteiger partial charge < -0.3 is 19.4 Å². The molecule has 0 saturated carbocycles. The number of hydrogen-bond acceptors (Lipinski definition) is 10. The van der Waals surface area contributed by atoms with Crippen molar-refractivity contribution in [1.29, 1.82) is 5.26 Å². The number of carbonyl (C=O) groups excluding carboxylic acids is 1. The summed E-state index contributed by atoms with van der Waals surface area (Å²) in [5.74, 6) is -1.94. The summed E-state index contributed by atoms with van der Waals surface area (Å²) in [4.78, 5) is 36.0. The number of hydrogen-bond donors (Lipinski definition) is 1. The minimum atomic E-state index is -1.03. The molecule has 49 heavy (non-hydrogen) atoms. The van der Waals surface area contributed by atoms with Crippen LogP contribution in [-0.4, -0.2) is 97.8 Å². The average molecular weight is 665 g/mol. The van der Waals surface area contributed by atoms with Gasteiger partial charge in [0.25, 0.3) is 5.91 Å². The smallest absolute Gasteiger partial charge is 0.319 e. The van der Waals surface area contributed by atoms with E-state index in [4.69, 9.17) is 9.72 Å². The number of fused-ring (bicyclic) bond motifs is 2. The Morgan fingerprint density at radius 2 is 1.96 bits per heavy atom. The molecular formula is C35H34F2N10O2. The summed E-state index contributed by atoms with van der Waals surface area (Å²) in [5, 5.41) is 18.0. The van der Waals surface area contributed by atoms with Crippen LogP contribution in [0.15, 0.2) is 54.7 Å². The third kappa shape index (κ3) is 6.25. The minimum absolute atomic E-state index is 0.0317. The molecule has 0 bridgehead atoms. The third-order valence-corrected chi connectivity index (χ3v) is 9.36. The number of carbonyl (C=O) groups is 1. The van der Waals surface area contributed by atoms with Crippen molar-refractivity contribution in [3.8, 4) is 23.2 Å². The fraction of sp³-hybridized carbons (Fsp3) is 0.343. The van der Waals surface area contributed by atoms with Gasteiger partial charge in [0.05, 0.1) is 30.2 Å². The first-order chi connectivity index (χ1) is 23.8. The Kier molecular flexibility index (Phi) is 8.83. The molecule has 1 N–H and O–H groups in total. The van der Waals surface area contributed by atoms with Gasteiger partial charge in [-0.05, 0) is 62.7 Å². The van der Waals surface area contributed by atoms with Crippen LogP contribution in [0.5, 0.6) is 6.01 Å². The van der Waals surface area contributed by atoms with Crippen molar-refractivity contribution in [2.75, 3.05) is 44.7 Å². The van der Waals surface area contributed by atoms with E-state index < -0.39 is 23.6 Å². The van der Waals surface area contributed by atoms with Crippen molar-refractivity contribution in [1.82, 2.24) is 39.9 Å². The molecule has 250 valence electrons. The number of rotatable bonds is 8. The molecule has 2 saturated heterocycles. The van der Waals surface area contributed by atoms with E-state index in [1.807, 2.05) is 31.0 Å². The van der Waals surface area contributed by atoms with Crippen LogP contribution < -0.4 is 9.64 Å². The summed E-state index contributed by atoms with van der Waals surface area (Å²) in [6.07, 6.45) is 7.54. The lowest BCUT2D eigenvalue weighted by molar-refractivity contribution is -0.131. The topological polar surface area (TPSA) is 140 Å². The molecule has 0 radical (unpaired) electrons. The van der Waals surface area contributed by atoms with Gasteiger partial charge >= 0.3 is 6.01 Å². The van der Waals surface area contributed by atoms with Crippen molar-refractivity contribution in [2.24, 2.45) is 0 Å². The average Bonchev–Trinajstić information content (AvgIpc) is 3.76. The van der Waals surface area contributed by atoms with E-state index >= 15 is 8.78 Å². The molecule has 2 aromatic carbocycles. The zero-order valence-electron chi connectivity index (χ0n) is 27.1. The van der Waals surface area contributed by atoms with Gasteiger partial charge in [0.1, 0.15) is 17.9 Å². The number of aryl methyl sites for hydroxylation is 1. The molecule has 3 aromatic heterocycles. The zero-order valence-corrected chi connectivity index (χ0v) is 27.1. The zero-order chi connectivity index (χ0) is 34.1. The number of likely N-dealkylation sites (tertiary alicyclic amines) is 1. The normalized spacial score (nSPS) is 18.7. The van der Waals surface area contributed by atoms with Gasteiger partial charge in [-0.2, -0.15) is 20.3 Å². The number of halogens is 2. The number of amides is 1. The second kappa shape index (κ2) is 13.5. The molecule has 5 aromatic rings. The Balaban J connectivity index is 1.26. The Labute approximate surface area is 281 Å². The Hall–Kier alpha value is -5.55. The largest absolute Gasteiger partial charge is 0.462 e. The van der Waals surface area contributed by atoms with Crippen LogP contribution >= 0.6 is 0 Å². The molecule has 1 amide bonds. The number of nitriles is 1. The second-order valence-corrected chi connectivity index (χ2v) is 12.4. The SMILES string of the molecule is Cc1ccc2[nH]ncc2c1-c1ccc2c(N3CCN(C(=O)/C(F)=C/c4ncccn4)[C@@H](CC#N)C3)nc(OC[C@@H]3CCCN3C)nc2c1F. The number of anilines is 1. The first-order valence-corrected chi connectivity index (χ1v) is 16.2. The Bertz CT molecular complexity index is 2100. The van der Waals surface area contributed by atoms with Crippen LogP contribution in [0.25, 0.3) is 39.0 Å². The van der Waals surface area contributed by atoms with Crippen LogP contribution in [0.4, 0.5) is 14.6 Å². The predicted molar refractivity (Wildman–Crippen MR) is 180 cm³/mol. The lowest BCUT2D eigenvalue weighted by Crippen LogP contribution is -2.55. The van der Waals surface area contributed by atoms with Crippen LogP contribution in [-0.2, 0) is 4.79 Å². The summed E-state index contributed by atoms with van der Waals surface area (Å²) in [7, 11) is 2.04. The van der Waals surface area contributed by atoms with Crippen LogP contribution in [0.2, 0.25) is 0 Å². The number of aromatic nitrogens is 6. The molecule has 0 aliphatic carbocycles. The van der Waals surface area contributed by atoms with Crippen LogP contribution in [0.1, 0.15) is 30.7 Å². The number of ether oxygens (including phenoxy) is 1. The molecule has 7 rings (SSSR count). The molecule has 14 heteroatoms. The lowest BCUT2D eigenvalue weighted by Gasteiger charge is -2.41. The highest BCUT2D eigenvalue weighted by molar-refractivity contribution is 6.00. The van der Waals surface area contributed by atoms with E-state index in [9.17, 15) is 10.1 Å². The maximum Gasteiger partial charge on any atom is 0.319 e. The van der Waals surface area contributed by atoms with E-state index in [-0.39, 0.29) is 49.4 Å². The summed E-state index contributed by atoms with van der Waals surface area (Å²) >= 11 is 0. The number of nitrogens with one attached hydrogen (secondary N) is 1. The molecule has 2 aliphatic rings. The van der Waals surface area contributed by atoms with Crippen molar-refractivity contribution in [2.45, 2.75) is 38.3 Å². The van der Waals surface area contributed by atoms with Gasteiger partial charge in [-0.1, -0.05) is 12.1 Å². The van der Waals surface area contributed by atoms with Gasteiger partial charge in [-0.3, -0.25) is 9.89 Å². The fourth-order valence-electron chi connectivity index (χ4n) is 6.76. The highest BCUT2D eigenvalue weighted by atomic mass is 19.1. The predicted octanol–water partition coefficient (Wildman–Crippen LogP) is 4.83. The molecule has 2 atom stereocenters. The third-order valence-electron chi connectivity index (χ3n) is 9.36. The molecule has 12 nitrogen and oxygen atoms in total. The number of aromatic amines is 1. The van der Waals surface area contributed by atoms with Crippen LogP contribution in [0.3, 0.4) is 0 Å². The molecular weight excluding hydrogens is 630 g/mol. The molecule has 2 fully saturated rings. The number of piperazine rings is 1. The van der Waals surface area contributed by atoms with Crippen LogP contribution in [0, 0.1) is 24.1 Å². The minimum Gasteiger partial charge on any atom is -0.462 e. The summed E-state index contributed by atoms with van der Waals surface area (Å²) in [5.41, 5.74) is 2.82. The van der Waals surface area contributed by atoms with E-state index in [2.05, 4.69) is 36.1 Å². The van der Waals surface area contributed by atoms with Gasteiger partial charge in [0.2, 0.25) is 0 Å². The van der Waals surface area contributed by atoms with Crippen molar-refractivity contribution in [3.05, 3.63) is 72.0 Å². The highest BCUT2D eigenvalue weighted by Gasteiger charge is 2.34. The van der Waals surface area contributed by atoms with Gasteiger partial charge in [-0.15, -0.1) is 0 Å². The monoisotopic (exact) mass is 664 g/mol. The fourth-order valence-corrected chi connectivity index (χ4v) is 6.76. The summed E-state index contributed by atoms with van der Waals surface area (Å²) < 4.78 is 38.1. The van der Waals surface area contributed by atoms with E-state index in [1.165, 1.54) is 17.3 Å².